The molecule has 1 atom stereocenters. The number of halogens is 1. The summed E-state index contributed by atoms with van der Waals surface area (Å²) in [4.78, 5) is 23.4. The van der Waals surface area contributed by atoms with Gasteiger partial charge in [0.25, 0.3) is 5.91 Å². The van der Waals surface area contributed by atoms with E-state index in [1.54, 1.807) is 6.08 Å². The van der Waals surface area contributed by atoms with Crippen LogP contribution in [0.3, 0.4) is 0 Å². The number of hydrogen-bond donors (Lipinski definition) is 1. The fourth-order valence-corrected chi connectivity index (χ4v) is 2.59. The largest absolute Gasteiger partial charge is 0.452 e. The Morgan fingerprint density at radius 2 is 1.92 bits per heavy atom. The lowest BCUT2D eigenvalue weighted by Gasteiger charge is -2.12. The third-order valence-corrected chi connectivity index (χ3v) is 4.07. The molecule has 2 aromatic carbocycles. The van der Waals surface area contributed by atoms with Crippen LogP contribution in [0.15, 0.2) is 65.1 Å². The summed E-state index contributed by atoms with van der Waals surface area (Å²) in [6.45, 7) is 2.24. The van der Waals surface area contributed by atoms with Crippen molar-refractivity contribution in [1.29, 1.82) is 0 Å². The third kappa shape index (κ3) is 6.93. The van der Waals surface area contributed by atoms with Crippen LogP contribution in [0.5, 0.6) is 0 Å². The molecule has 0 unspecified atom stereocenters. The van der Waals surface area contributed by atoms with Crippen molar-refractivity contribution >= 4 is 33.9 Å². The highest BCUT2D eigenvalue weighted by Crippen LogP contribution is 2.13. The number of benzene rings is 2. The summed E-state index contributed by atoms with van der Waals surface area (Å²) in [7, 11) is 0. The van der Waals surface area contributed by atoms with E-state index in [1.165, 1.54) is 6.08 Å². The van der Waals surface area contributed by atoms with Gasteiger partial charge in [0.05, 0.1) is 0 Å². The van der Waals surface area contributed by atoms with Gasteiger partial charge in [0, 0.05) is 17.1 Å². The molecule has 4 nitrogen and oxygen atoms in total. The number of esters is 1. The van der Waals surface area contributed by atoms with Crippen LogP contribution in [0.4, 0.5) is 0 Å². The molecular formula is C20H20BrNO3. The average Bonchev–Trinajstić information content (AvgIpc) is 2.63. The van der Waals surface area contributed by atoms with Gasteiger partial charge in [0.1, 0.15) is 0 Å². The number of carbonyl (C=O) groups excluding carboxylic acids is 2. The average molecular weight is 402 g/mol. The SMILES string of the molecule is C[C@H](CNC(=O)COC(=O)/C=C/c1cccc(Br)c1)c1ccccc1. The lowest BCUT2D eigenvalue weighted by molar-refractivity contribution is -0.143. The van der Waals surface area contributed by atoms with Crippen LogP contribution >= 0.6 is 15.9 Å². The topological polar surface area (TPSA) is 55.4 Å². The number of ether oxygens (including phenoxy) is 1. The molecule has 0 fully saturated rings. The van der Waals surface area contributed by atoms with Gasteiger partial charge in [-0.1, -0.05) is 65.3 Å². The van der Waals surface area contributed by atoms with E-state index in [-0.39, 0.29) is 18.4 Å². The van der Waals surface area contributed by atoms with Crippen LogP contribution in [-0.2, 0) is 14.3 Å². The standard InChI is InChI=1S/C20H20BrNO3/c1-15(17-7-3-2-4-8-17)13-22-19(23)14-25-20(24)11-10-16-6-5-9-18(21)12-16/h2-12,15H,13-14H2,1H3,(H,22,23)/b11-10+/t15-/m1/s1. The first kappa shape index (κ1) is 18.9. The molecule has 0 aliphatic rings. The van der Waals surface area contributed by atoms with Crippen LogP contribution in [0.1, 0.15) is 24.0 Å². The van der Waals surface area contributed by atoms with Gasteiger partial charge in [-0.15, -0.1) is 0 Å². The molecule has 1 amide bonds. The van der Waals surface area contributed by atoms with Gasteiger partial charge in [-0.25, -0.2) is 4.79 Å². The van der Waals surface area contributed by atoms with Crippen LogP contribution in [0.25, 0.3) is 6.08 Å². The summed E-state index contributed by atoms with van der Waals surface area (Å²) in [6, 6.07) is 17.4. The highest BCUT2D eigenvalue weighted by atomic mass is 79.9. The smallest absolute Gasteiger partial charge is 0.331 e. The Bertz CT molecular complexity index is 744. The quantitative estimate of drug-likeness (QED) is 0.564. The molecule has 25 heavy (non-hydrogen) atoms. The van der Waals surface area contributed by atoms with Crippen molar-refractivity contribution in [2.75, 3.05) is 13.2 Å². The second-order valence-electron chi connectivity index (χ2n) is 5.61. The molecule has 0 spiro atoms. The molecule has 0 bridgehead atoms. The van der Waals surface area contributed by atoms with E-state index in [2.05, 4.69) is 21.2 Å². The Balaban J connectivity index is 1.71. The molecule has 0 heterocycles. The maximum Gasteiger partial charge on any atom is 0.331 e. The lowest BCUT2D eigenvalue weighted by Crippen LogP contribution is -2.31. The predicted molar refractivity (Wildman–Crippen MR) is 102 cm³/mol. The van der Waals surface area contributed by atoms with Crippen molar-refractivity contribution in [1.82, 2.24) is 5.32 Å². The first-order valence-corrected chi connectivity index (χ1v) is 8.76. The van der Waals surface area contributed by atoms with Gasteiger partial charge < -0.3 is 10.1 Å². The van der Waals surface area contributed by atoms with Gasteiger partial charge >= 0.3 is 5.97 Å². The maximum atomic E-state index is 11.8. The second kappa shape index (κ2) is 9.79. The molecule has 0 saturated heterocycles. The number of hydrogen-bond acceptors (Lipinski definition) is 3. The van der Waals surface area contributed by atoms with E-state index in [0.717, 1.165) is 15.6 Å². The van der Waals surface area contributed by atoms with Crippen LogP contribution < -0.4 is 5.32 Å². The third-order valence-electron chi connectivity index (χ3n) is 3.58. The van der Waals surface area contributed by atoms with Gasteiger partial charge in [-0.3, -0.25) is 4.79 Å². The van der Waals surface area contributed by atoms with Gasteiger partial charge in [0.2, 0.25) is 0 Å². The number of amides is 1. The highest BCUT2D eigenvalue weighted by molar-refractivity contribution is 9.10. The van der Waals surface area contributed by atoms with Crippen molar-refractivity contribution < 1.29 is 14.3 Å². The van der Waals surface area contributed by atoms with E-state index < -0.39 is 5.97 Å². The highest BCUT2D eigenvalue weighted by Gasteiger charge is 2.09. The molecular weight excluding hydrogens is 382 g/mol. The molecule has 2 rings (SSSR count). The Morgan fingerprint density at radius 1 is 1.16 bits per heavy atom. The zero-order valence-electron chi connectivity index (χ0n) is 13.9. The zero-order chi connectivity index (χ0) is 18.1. The number of nitrogens with one attached hydrogen (secondary N) is 1. The van der Waals surface area contributed by atoms with Crippen LogP contribution in [-0.4, -0.2) is 25.0 Å². The maximum absolute atomic E-state index is 11.8. The van der Waals surface area contributed by atoms with E-state index in [0.29, 0.717) is 6.54 Å². The van der Waals surface area contributed by atoms with Crippen LogP contribution in [0.2, 0.25) is 0 Å². The molecule has 2 aromatic rings. The Hall–Kier alpha value is -2.40. The first-order chi connectivity index (χ1) is 12.0. The molecule has 5 heteroatoms. The van der Waals surface area contributed by atoms with Gasteiger partial charge in [0.15, 0.2) is 6.61 Å². The molecule has 0 aliphatic carbocycles. The summed E-state index contributed by atoms with van der Waals surface area (Å²) in [6.07, 6.45) is 2.95. The fraction of sp³-hybridized carbons (Fsp3) is 0.200. The predicted octanol–water partition coefficient (Wildman–Crippen LogP) is 3.93. The molecule has 0 radical (unpaired) electrons. The van der Waals surface area contributed by atoms with E-state index in [4.69, 9.17) is 4.74 Å². The second-order valence-corrected chi connectivity index (χ2v) is 6.53. The minimum Gasteiger partial charge on any atom is -0.452 e. The van der Waals surface area contributed by atoms with Crippen molar-refractivity contribution in [2.45, 2.75) is 12.8 Å². The first-order valence-electron chi connectivity index (χ1n) is 7.96. The van der Waals surface area contributed by atoms with E-state index in [9.17, 15) is 9.59 Å². The van der Waals surface area contributed by atoms with E-state index >= 15 is 0 Å². The molecule has 0 aromatic heterocycles. The Labute approximate surface area is 156 Å². The summed E-state index contributed by atoms with van der Waals surface area (Å²) in [5, 5.41) is 2.77. The normalized spacial score (nSPS) is 11.9. The zero-order valence-corrected chi connectivity index (χ0v) is 15.5. The molecule has 130 valence electrons. The Morgan fingerprint density at radius 3 is 2.64 bits per heavy atom. The van der Waals surface area contributed by atoms with Crippen molar-refractivity contribution in [3.05, 3.63) is 76.3 Å². The molecule has 1 N–H and O–H groups in total. The van der Waals surface area contributed by atoms with Crippen LogP contribution in [0, 0.1) is 0 Å². The minimum atomic E-state index is -0.550. The monoisotopic (exact) mass is 401 g/mol. The lowest BCUT2D eigenvalue weighted by atomic mass is 10.0. The summed E-state index contributed by atoms with van der Waals surface area (Å²) < 4.78 is 5.87. The van der Waals surface area contributed by atoms with Crippen molar-refractivity contribution in [3.8, 4) is 0 Å². The summed E-state index contributed by atoms with van der Waals surface area (Å²) in [5.41, 5.74) is 2.02. The van der Waals surface area contributed by atoms with Crippen molar-refractivity contribution in [3.63, 3.8) is 0 Å². The minimum absolute atomic E-state index is 0.192. The van der Waals surface area contributed by atoms with E-state index in [1.807, 2.05) is 61.5 Å². The van der Waals surface area contributed by atoms with Gasteiger partial charge in [-0.05, 0) is 35.3 Å². The van der Waals surface area contributed by atoms with Gasteiger partial charge in [-0.2, -0.15) is 0 Å². The molecule has 0 saturated carbocycles. The van der Waals surface area contributed by atoms with Crippen molar-refractivity contribution in [2.24, 2.45) is 0 Å². The number of rotatable bonds is 7. The summed E-state index contributed by atoms with van der Waals surface area (Å²) in [5.74, 6) is -0.671. The number of carbonyl (C=O) groups is 2. The fourth-order valence-electron chi connectivity index (χ4n) is 2.18. The Kier molecular flexibility index (Phi) is 7.41. The summed E-state index contributed by atoms with van der Waals surface area (Å²) >= 11 is 3.36. The molecule has 0 aliphatic heterocycles.